The predicted molar refractivity (Wildman–Crippen MR) is 101 cm³/mol. The van der Waals surface area contributed by atoms with Gasteiger partial charge in [-0.3, -0.25) is 14.8 Å². The second-order valence-electron chi connectivity index (χ2n) is 6.36. The van der Waals surface area contributed by atoms with E-state index >= 15 is 0 Å². The Balaban J connectivity index is 1.48. The van der Waals surface area contributed by atoms with Crippen LogP contribution in [0.1, 0.15) is 5.76 Å². The molecule has 0 saturated carbocycles. The van der Waals surface area contributed by atoms with Gasteiger partial charge in [0.05, 0.1) is 12.8 Å². The number of aliphatic imine (C=N–C) groups is 1. The number of piperazine rings is 3. The molecule has 2 bridgehead atoms. The average molecular weight is 352 g/mol. The molecule has 134 valence electrons. The molecular weight excluding hydrogens is 322 g/mol. The summed E-state index contributed by atoms with van der Waals surface area (Å²) in [4.78, 5) is 9.99. The molecule has 3 saturated heterocycles. The Labute approximate surface area is 149 Å². The SMILES string of the molecule is CSCCNC(=NCC1CN2CCN1CC2)NCCc1ccco1. The lowest BCUT2D eigenvalue weighted by Crippen LogP contribution is -2.62. The van der Waals surface area contributed by atoms with E-state index in [0.29, 0.717) is 6.04 Å². The summed E-state index contributed by atoms with van der Waals surface area (Å²) >= 11 is 1.85. The highest BCUT2D eigenvalue weighted by atomic mass is 32.2. The molecule has 3 aliphatic rings. The number of guanidine groups is 1. The van der Waals surface area contributed by atoms with Gasteiger partial charge in [-0.25, -0.2) is 0 Å². The zero-order valence-corrected chi connectivity index (χ0v) is 15.4. The van der Waals surface area contributed by atoms with Crippen LogP contribution in [-0.4, -0.2) is 86.2 Å². The fourth-order valence-corrected chi connectivity index (χ4v) is 3.61. The molecule has 3 fully saturated rings. The molecule has 0 aromatic carbocycles. The third kappa shape index (κ3) is 5.16. The predicted octanol–water partition coefficient (Wildman–Crippen LogP) is 0.720. The summed E-state index contributed by atoms with van der Waals surface area (Å²) in [6.07, 6.45) is 4.73. The molecule has 7 heteroatoms. The number of rotatable bonds is 8. The largest absolute Gasteiger partial charge is 0.469 e. The summed E-state index contributed by atoms with van der Waals surface area (Å²) in [5.41, 5.74) is 0. The standard InChI is InChI=1S/C17H29N5OS/c1-24-12-6-19-17(18-5-4-16-3-2-11-23-16)20-13-15-14-21-7-9-22(15)10-8-21/h2-3,11,15H,4-10,12-14H2,1H3,(H2,18,19,20). The van der Waals surface area contributed by atoms with E-state index in [1.807, 2.05) is 23.9 Å². The van der Waals surface area contributed by atoms with Gasteiger partial charge in [-0.1, -0.05) is 0 Å². The molecule has 1 aromatic rings. The van der Waals surface area contributed by atoms with Crippen molar-refractivity contribution in [3.05, 3.63) is 24.2 Å². The van der Waals surface area contributed by atoms with Crippen molar-refractivity contribution in [2.75, 3.05) is 64.4 Å². The zero-order chi connectivity index (χ0) is 16.6. The maximum Gasteiger partial charge on any atom is 0.191 e. The van der Waals surface area contributed by atoms with Crippen molar-refractivity contribution in [3.8, 4) is 0 Å². The maximum atomic E-state index is 5.39. The van der Waals surface area contributed by atoms with Crippen LogP contribution in [0.15, 0.2) is 27.8 Å². The minimum atomic E-state index is 0.566. The first-order valence-corrected chi connectivity index (χ1v) is 10.2. The van der Waals surface area contributed by atoms with E-state index in [-0.39, 0.29) is 0 Å². The van der Waals surface area contributed by atoms with Crippen molar-refractivity contribution in [2.24, 2.45) is 4.99 Å². The number of fused-ring (bicyclic) bond motifs is 3. The fourth-order valence-electron chi connectivity index (χ4n) is 3.30. The van der Waals surface area contributed by atoms with Crippen LogP contribution in [0.3, 0.4) is 0 Å². The smallest absolute Gasteiger partial charge is 0.191 e. The highest BCUT2D eigenvalue weighted by molar-refractivity contribution is 7.98. The Morgan fingerprint density at radius 3 is 2.79 bits per heavy atom. The van der Waals surface area contributed by atoms with Crippen LogP contribution in [0.2, 0.25) is 0 Å². The molecule has 0 radical (unpaired) electrons. The molecule has 0 amide bonds. The van der Waals surface area contributed by atoms with E-state index in [2.05, 4.69) is 26.7 Å². The summed E-state index contributed by atoms with van der Waals surface area (Å²) in [7, 11) is 0. The van der Waals surface area contributed by atoms with Crippen LogP contribution in [0.5, 0.6) is 0 Å². The van der Waals surface area contributed by atoms with Crippen molar-refractivity contribution in [2.45, 2.75) is 12.5 Å². The molecule has 2 N–H and O–H groups in total. The van der Waals surface area contributed by atoms with E-state index in [9.17, 15) is 0 Å². The second kappa shape index (κ2) is 9.34. The number of hydrogen-bond acceptors (Lipinski definition) is 5. The van der Waals surface area contributed by atoms with Crippen LogP contribution in [0.4, 0.5) is 0 Å². The molecule has 24 heavy (non-hydrogen) atoms. The van der Waals surface area contributed by atoms with Gasteiger partial charge >= 0.3 is 0 Å². The number of nitrogens with one attached hydrogen (secondary N) is 2. The number of hydrogen-bond donors (Lipinski definition) is 2. The molecule has 6 nitrogen and oxygen atoms in total. The molecule has 4 heterocycles. The van der Waals surface area contributed by atoms with E-state index in [4.69, 9.17) is 9.41 Å². The molecule has 1 atom stereocenters. The molecule has 1 unspecified atom stereocenters. The Morgan fingerprint density at radius 1 is 1.29 bits per heavy atom. The summed E-state index contributed by atoms with van der Waals surface area (Å²) < 4.78 is 5.39. The third-order valence-corrected chi connectivity index (χ3v) is 5.31. The third-order valence-electron chi connectivity index (χ3n) is 4.69. The van der Waals surface area contributed by atoms with E-state index in [1.54, 1.807) is 6.26 Å². The van der Waals surface area contributed by atoms with Crippen LogP contribution in [-0.2, 0) is 6.42 Å². The lowest BCUT2D eigenvalue weighted by molar-refractivity contribution is 0.0174. The van der Waals surface area contributed by atoms with E-state index in [1.165, 1.54) is 26.2 Å². The Bertz CT molecular complexity index is 499. The van der Waals surface area contributed by atoms with Crippen molar-refractivity contribution in [1.29, 1.82) is 0 Å². The van der Waals surface area contributed by atoms with Crippen LogP contribution >= 0.6 is 11.8 Å². The van der Waals surface area contributed by atoms with Crippen molar-refractivity contribution in [3.63, 3.8) is 0 Å². The van der Waals surface area contributed by atoms with E-state index < -0.39 is 0 Å². The maximum absolute atomic E-state index is 5.39. The summed E-state index contributed by atoms with van der Waals surface area (Å²) in [6.45, 7) is 8.64. The quantitative estimate of drug-likeness (QED) is 0.409. The van der Waals surface area contributed by atoms with Crippen molar-refractivity contribution < 1.29 is 4.42 Å². The summed E-state index contributed by atoms with van der Waals surface area (Å²) in [5.74, 6) is 3.02. The Morgan fingerprint density at radius 2 is 2.12 bits per heavy atom. The van der Waals surface area contributed by atoms with E-state index in [0.717, 1.165) is 50.1 Å². The number of furan rings is 1. The first-order chi connectivity index (χ1) is 11.8. The molecule has 0 spiro atoms. The van der Waals surface area contributed by atoms with Gasteiger partial charge in [0.25, 0.3) is 0 Å². The first kappa shape index (κ1) is 17.6. The fraction of sp³-hybridized carbons (Fsp3) is 0.706. The second-order valence-corrected chi connectivity index (χ2v) is 7.34. The average Bonchev–Trinajstić information content (AvgIpc) is 3.14. The van der Waals surface area contributed by atoms with Gasteiger partial charge < -0.3 is 15.1 Å². The van der Waals surface area contributed by atoms with Gasteiger partial charge in [0.15, 0.2) is 5.96 Å². The molecule has 3 aliphatic heterocycles. The zero-order valence-electron chi connectivity index (χ0n) is 14.5. The Hall–Kier alpha value is -1.18. The lowest BCUT2D eigenvalue weighted by atomic mass is 10.1. The number of thioether (sulfide) groups is 1. The van der Waals surface area contributed by atoms with Crippen molar-refractivity contribution >= 4 is 17.7 Å². The highest BCUT2D eigenvalue weighted by Gasteiger charge is 2.31. The van der Waals surface area contributed by atoms with Gasteiger partial charge in [-0.2, -0.15) is 11.8 Å². The van der Waals surface area contributed by atoms with Gasteiger partial charge in [-0.05, 0) is 18.4 Å². The molecule has 4 rings (SSSR count). The molecular formula is C17H29N5OS. The monoisotopic (exact) mass is 351 g/mol. The molecule has 1 aromatic heterocycles. The van der Waals surface area contributed by atoms with Gasteiger partial charge in [0.2, 0.25) is 0 Å². The minimum absolute atomic E-state index is 0.566. The van der Waals surface area contributed by atoms with Gasteiger partial charge in [0.1, 0.15) is 5.76 Å². The summed E-state index contributed by atoms with van der Waals surface area (Å²) in [5, 5.41) is 6.88. The van der Waals surface area contributed by atoms with Gasteiger partial charge in [-0.15, -0.1) is 0 Å². The van der Waals surface area contributed by atoms with Crippen LogP contribution < -0.4 is 10.6 Å². The highest BCUT2D eigenvalue weighted by Crippen LogP contribution is 2.15. The minimum Gasteiger partial charge on any atom is -0.469 e. The normalized spacial score (nSPS) is 26.5. The Kier molecular flexibility index (Phi) is 6.86. The van der Waals surface area contributed by atoms with Crippen LogP contribution in [0.25, 0.3) is 0 Å². The van der Waals surface area contributed by atoms with Crippen molar-refractivity contribution in [1.82, 2.24) is 20.4 Å². The van der Waals surface area contributed by atoms with Crippen LogP contribution in [0, 0.1) is 0 Å². The number of nitrogens with zero attached hydrogens (tertiary/aromatic N) is 3. The summed E-state index contributed by atoms with van der Waals surface area (Å²) in [6, 6.07) is 4.51. The molecule has 0 aliphatic carbocycles. The van der Waals surface area contributed by atoms with Gasteiger partial charge in [0, 0.05) is 64.0 Å². The first-order valence-electron chi connectivity index (χ1n) is 8.85. The topological polar surface area (TPSA) is 56.0 Å². The lowest BCUT2D eigenvalue weighted by Gasteiger charge is -2.47.